The van der Waals surface area contributed by atoms with E-state index in [0.717, 1.165) is 10.5 Å². The van der Waals surface area contributed by atoms with Crippen LogP contribution in [0.3, 0.4) is 0 Å². The number of para-hydroxylation sites is 1. The van der Waals surface area contributed by atoms with Crippen molar-refractivity contribution in [1.29, 1.82) is 0 Å². The molecule has 0 spiro atoms. The van der Waals surface area contributed by atoms with Crippen molar-refractivity contribution >= 4 is 23.5 Å². The second kappa shape index (κ2) is 8.08. The lowest BCUT2D eigenvalue weighted by atomic mass is 10.2. The molecule has 1 atom stereocenters. The molecule has 146 valence electrons. The Labute approximate surface area is 161 Å². The van der Waals surface area contributed by atoms with E-state index in [1.54, 1.807) is 13.0 Å². The van der Waals surface area contributed by atoms with E-state index < -0.39 is 36.2 Å². The summed E-state index contributed by atoms with van der Waals surface area (Å²) in [6.45, 7) is 1.38. The third kappa shape index (κ3) is 3.80. The fraction of sp³-hybridized carbons (Fsp3) is 0.250. The maximum atomic E-state index is 13.1. The molecule has 0 saturated carbocycles. The quantitative estimate of drug-likeness (QED) is 0.774. The van der Waals surface area contributed by atoms with Crippen LogP contribution in [0.25, 0.3) is 0 Å². The Morgan fingerprint density at radius 3 is 2.50 bits per heavy atom. The van der Waals surface area contributed by atoms with E-state index in [1.807, 2.05) is 18.2 Å². The third-order valence-corrected chi connectivity index (χ3v) is 4.52. The van der Waals surface area contributed by atoms with Crippen LogP contribution in [0, 0.1) is 5.82 Å². The smallest absolute Gasteiger partial charge is 0.332 e. The van der Waals surface area contributed by atoms with Crippen molar-refractivity contribution in [3.05, 3.63) is 59.9 Å². The summed E-state index contributed by atoms with van der Waals surface area (Å²) in [4.78, 5) is 39.6. The van der Waals surface area contributed by atoms with E-state index in [0.29, 0.717) is 11.4 Å². The van der Waals surface area contributed by atoms with Gasteiger partial charge in [0.25, 0.3) is 5.91 Å². The van der Waals surface area contributed by atoms with Gasteiger partial charge in [-0.3, -0.25) is 19.4 Å². The lowest BCUT2D eigenvalue weighted by Crippen LogP contribution is -2.41. The van der Waals surface area contributed by atoms with Crippen LogP contribution in [0.5, 0.6) is 5.75 Å². The molecule has 2 aromatic rings. The first kappa shape index (κ1) is 19.3. The van der Waals surface area contributed by atoms with Gasteiger partial charge in [0.1, 0.15) is 24.2 Å². The molecular weight excluding hydrogens is 365 g/mol. The predicted octanol–water partition coefficient (Wildman–Crippen LogP) is 2.31. The normalized spacial score (nSPS) is 16.5. The van der Waals surface area contributed by atoms with Crippen molar-refractivity contribution in [1.82, 2.24) is 10.2 Å². The zero-order valence-corrected chi connectivity index (χ0v) is 15.5. The molecule has 1 heterocycles. The molecule has 8 heteroatoms. The van der Waals surface area contributed by atoms with Gasteiger partial charge in [-0.1, -0.05) is 18.2 Å². The van der Waals surface area contributed by atoms with Crippen LogP contribution < -0.4 is 15.0 Å². The van der Waals surface area contributed by atoms with Gasteiger partial charge < -0.3 is 10.1 Å². The first-order valence-corrected chi connectivity index (χ1v) is 8.71. The Hall–Kier alpha value is -3.42. The van der Waals surface area contributed by atoms with Gasteiger partial charge in [-0.05, 0) is 37.3 Å². The summed E-state index contributed by atoms with van der Waals surface area (Å²) in [6, 6.07) is 11.1. The number of rotatable bonds is 6. The summed E-state index contributed by atoms with van der Waals surface area (Å²) in [5, 5.41) is 2.69. The van der Waals surface area contributed by atoms with Crippen LogP contribution in [0.1, 0.15) is 12.5 Å². The highest BCUT2D eigenvalue weighted by Crippen LogP contribution is 2.25. The van der Waals surface area contributed by atoms with Crippen LogP contribution in [-0.4, -0.2) is 42.4 Å². The van der Waals surface area contributed by atoms with Crippen LogP contribution in [0.2, 0.25) is 0 Å². The number of nitrogens with one attached hydrogen (secondary N) is 1. The fourth-order valence-electron chi connectivity index (χ4n) is 3.05. The number of carbonyl (C=O) groups is 3. The number of carbonyl (C=O) groups excluding carboxylic acids is 3. The molecule has 0 bridgehead atoms. The predicted molar refractivity (Wildman–Crippen MR) is 100 cm³/mol. The number of ether oxygens (including phenoxy) is 1. The van der Waals surface area contributed by atoms with Gasteiger partial charge in [-0.2, -0.15) is 0 Å². The topological polar surface area (TPSA) is 79.0 Å². The average Bonchev–Trinajstić information content (AvgIpc) is 2.91. The number of anilines is 1. The number of hydrogen-bond acceptors (Lipinski definition) is 4. The molecule has 4 amide bonds. The molecule has 0 aliphatic carbocycles. The summed E-state index contributed by atoms with van der Waals surface area (Å²) < 4.78 is 18.4. The van der Waals surface area contributed by atoms with Crippen molar-refractivity contribution in [3.63, 3.8) is 0 Å². The van der Waals surface area contributed by atoms with E-state index in [-0.39, 0.29) is 6.54 Å². The number of imide groups is 1. The summed E-state index contributed by atoms with van der Waals surface area (Å²) in [6.07, 6.45) is 0. The Balaban J connectivity index is 1.66. The SMILES string of the molecule is COc1ccccc1CNC(=O)CN1C(=O)[C@@H](C)N(c2ccc(F)cc2)C1=O. The van der Waals surface area contributed by atoms with Crippen molar-refractivity contribution in [2.45, 2.75) is 19.5 Å². The van der Waals surface area contributed by atoms with E-state index in [4.69, 9.17) is 4.74 Å². The Morgan fingerprint density at radius 2 is 1.82 bits per heavy atom. The molecule has 1 fully saturated rings. The van der Waals surface area contributed by atoms with Gasteiger partial charge >= 0.3 is 6.03 Å². The molecule has 1 N–H and O–H groups in total. The monoisotopic (exact) mass is 385 g/mol. The Morgan fingerprint density at radius 1 is 1.14 bits per heavy atom. The number of halogens is 1. The lowest BCUT2D eigenvalue weighted by Gasteiger charge is -2.19. The highest BCUT2D eigenvalue weighted by Gasteiger charge is 2.44. The van der Waals surface area contributed by atoms with Gasteiger partial charge in [-0.15, -0.1) is 0 Å². The number of urea groups is 1. The highest BCUT2D eigenvalue weighted by molar-refractivity contribution is 6.15. The Kier molecular flexibility index (Phi) is 5.58. The molecule has 0 aromatic heterocycles. The number of benzene rings is 2. The molecule has 0 unspecified atom stereocenters. The summed E-state index contributed by atoms with van der Waals surface area (Å²) >= 11 is 0. The maximum Gasteiger partial charge on any atom is 0.332 e. The molecule has 0 radical (unpaired) electrons. The van der Waals surface area contributed by atoms with Crippen LogP contribution in [0.15, 0.2) is 48.5 Å². The first-order chi connectivity index (χ1) is 13.4. The maximum absolute atomic E-state index is 13.1. The summed E-state index contributed by atoms with van der Waals surface area (Å²) in [5.41, 5.74) is 1.17. The number of nitrogens with zero attached hydrogens (tertiary/aromatic N) is 2. The van der Waals surface area contributed by atoms with Crippen LogP contribution in [-0.2, 0) is 16.1 Å². The summed E-state index contributed by atoms with van der Waals surface area (Å²) in [7, 11) is 1.54. The molecule has 1 saturated heterocycles. The zero-order chi connectivity index (χ0) is 20.3. The second-order valence-corrected chi connectivity index (χ2v) is 6.32. The lowest BCUT2D eigenvalue weighted by molar-refractivity contribution is -0.131. The van der Waals surface area contributed by atoms with Crippen molar-refractivity contribution in [3.8, 4) is 5.75 Å². The van der Waals surface area contributed by atoms with Gasteiger partial charge in [0.15, 0.2) is 0 Å². The number of hydrogen-bond donors (Lipinski definition) is 1. The van der Waals surface area contributed by atoms with E-state index in [2.05, 4.69) is 5.32 Å². The summed E-state index contributed by atoms with van der Waals surface area (Å²) in [5.74, 6) is -0.767. The third-order valence-electron chi connectivity index (χ3n) is 4.52. The fourth-order valence-corrected chi connectivity index (χ4v) is 3.05. The van der Waals surface area contributed by atoms with Crippen LogP contribution >= 0.6 is 0 Å². The first-order valence-electron chi connectivity index (χ1n) is 8.71. The molecular formula is C20H20FN3O4. The Bertz CT molecular complexity index is 901. The molecule has 2 aromatic carbocycles. The highest BCUT2D eigenvalue weighted by atomic mass is 19.1. The standard InChI is InChI=1S/C20H20FN3O4/c1-13-19(26)23(20(27)24(13)16-9-7-15(21)8-10-16)12-18(25)22-11-14-5-3-4-6-17(14)28-2/h3-10,13H,11-12H2,1-2H3,(H,22,25)/t13-/m1/s1. The van der Waals surface area contributed by atoms with Crippen LogP contribution in [0.4, 0.5) is 14.9 Å². The van der Waals surface area contributed by atoms with Crippen molar-refractivity contribution in [2.75, 3.05) is 18.6 Å². The minimum Gasteiger partial charge on any atom is -0.496 e. The van der Waals surface area contributed by atoms with E-state index in [9.17, 15) is 18.8 Å². The molecule has 1 aliphatic rings. The van der Waals surface area contributed by atoms with Gasteiger partial charge in [0.05, 0.1) is 7.11 Å². The number of amides is 4. The molecule has 28 heavy (non-hydrogen) atoms. The largest absolute Gasteiger partial charge is 0.496 e. The zero-order valence-electron chi connectivity index (χ0n) is 15.5. The molecule has 1 aliphatic heterocycles. The average molecular weight is 385 g/mol. The minimum absolute atomic E-state index is 0.205. The molecule has 7 nitrogen and oxygen atoms in total. The minimum atomic E-state index is -0.778. The van der Waals surface area contributed by atoms with E-state index >= 15 is 0 Å². The molecule has 3 rings (SSSR count). The van der Waals surface area contributed by atoms with Gasteiger partial charge in [0, 0.05) is 17.8 Å². The van der Waals surface area contributed by atoms with E-state index in [1.165, 1.54) is 36.3 Å². The van der Waals surface area contributed by atoms with Crippen molar-refractivity contribution < 1.29 is 23.5 Å². The van der Waals surface area contributed by atoms with Gasteiger partial charge in [-0.25, -0.2) is 9.18 Å². The number of methoxy groups -OCH3 is 1. The second-order valence-electron chi connectivity index (χ2n) is 6.32. The van der Waals surface area contributed by atoms with Crippen molar-refractivity contribution in [2.24, 2.45) is 0 Å². The van der Waals surface area contributed by atoms with Gasteiger partial charge in [0.2, 0.25) is 5.91 Å².